The molecule has 1 saturated heterocycles. The van der Waals surface area contributed by atoms with E-state index in [0.29, 0.717) is 6.04 Å². The van der Waals surface area contributed by atoms with Crippen molar-refractivity contribution in [2.75, 3.05) is 33.2 Å². The van der Waals surface area contributed by atoms with Crippen LogP contribution in [0.15, 0.2) is 17.4 Å². The Morgan fingerprint density at radius 2 is 2.13 bits per heavy atom. The molecule has 0 radical (unpaired) electrons. The van der Waals surface area contributed by atoms with Gasteiger partial charge in [-0.1, -0.05) is 13.8 Å². The fourth-order valence-corrected chi connectivity index (χ4v) is 3.04. The van der Waals surface area contributed by atoms with E-state index in [4.69, 9.17) is 0 Å². The van der Waals surface area contributed by atoms with Crippen molar-refractivity contribution in [3.05, 3.63) is 18.0 Å². The first-order valence-corrected chi connectivity index (χ1v) is 8.75. The summed E-state index contributed by atoms with van der Waals surface area (Å²) in [4.78, 5) is 6.91. The van der Waals surface area contributed by atoms with Crippen LogP contribution in [0.2, 0.25) is 0 Å². The smallest absolute Gasteiger partial charge is 0.191 e. The summed E-state index contributed by atoms with van der Waals surface area (Å²) in [6.07, 6.45) is 6.32. The van der Waals surface area contributed by atoms with Gasteiger partial charge in [0.1, 0.15) is 0 Å². The SMILES string of the molecule is CN=C(NCCn1cc(C)cn1)NC1CCN(CC(C)C)CC1. The average Bonchev–Trinajstić information content (AvgIpc) is 2.93. The van der Waals surface area contributed by atoms with Crippen LogP contribution in [0.3, 0.4) is 0 Å². The number of likely N-dealkylation sites (tertiary alicyclic amines) is 1. The third-order valence-corrected chi connectivity index (χ3v) is 4.17. The molecule has 1 aliphatic heterocycles. The van der Waals surface area contributed by atoms with Crippen LogP contribution in [-0.4, -0.2) is 59.9 Å². The number of aryl methyl sites for hydroxylation is 1. The molecule has 2 N–H and O–H groups in total. The second-order valence-electron chi connectivity index (χ2n) is 6.89. The van der Waals surface area contributed by atoms with Crippen molar-refractivity contribution in [2.24, 2.45) is 10.9 Å². The van der Waals surface area contributed by atoms with E-state index >= 15 is 0 Å². The standard InChI is InChI=1S/C17H32N6/c1-14(2)12-22-8-5-16(6-9-22)21-17(18-4)19-7-10-23-13-15(3)11-20-23/h11,13-14,16H,5-10,12H2,1-4H3,(H2,18,19,21). The molecule has 1 aromatic heterocycles. The Morgan fingerprint density at radius 3 is 2.70 bits per heavy atom. The number of piperidine rings is 1. The number of nitrogens with zero attached hydrogens (tertiary/aromatic N) is 4. The Hall–Kier alpha value is -1.56. The van der Waals surface area contributed by atoms with E-state index in [0.717, 1.165) is 25.0 Å². The topological polar surface area (TPSA) is 57.5 Å². The van der Waals surface area contributed by atoms with E-state index in [1.807, 2.05) is 17.9 Å². The van der Waals surface area contributed by atoms with Crippen LogP contribution in [0.1, 0.15) is 32.3 Å². The van der Waals surface area contributed by atoms with Crippen LogP contribution in [0.5, 0.6) is 0 Å². The Kier molecular flexibility index (Phi) is 6.89. The second kappa shape index (κ2) is 8.91. The molecule has 0 atom stereocenters. The highest BCUT2D eigenvalue weighted by atomic mass is 15.3. The molecule has 0 aliphatic carbocycles. The van der Waals surface area contributed by atoms with E-state index < -0.39 is 0 Å². The Labute approximate surface area is 140 Å². The molecule has 0 saturated carbocycles. The summed E-state index contributed by atoms with van der Waals surface area (Å²) in [7, 11) is 1.83. The van der Waals surface area contributed by atoms with Crippen LogP contribution < -0.4 is 10.6 Å². The van der Waals surface area contributed by atoms with E-state index in [2.05, 4.69) is 52.6 Å². The van der Waals surface area contributed by atoms with Crippen LogP contribution in [0.25, 0.3) is 0 Å². The maximum atomic E-state index is 4.34. The predicted molar refractivity (Wildman–Crippen MR) is 95.8 cm³/mol. The molecule has 0 aromatic carbocycles. The Bertz CT molecular complexity index is 485. The number of aromatic nitrogens is 2. The first-order valence-electron chi connectivity index (χ1n) is 8.75. The molecule has 1 fully saturated rings. The molecule has 2 rings (SSSR count). The van der Waals surface area contributed by atoms with Gasteiger partial charge in [-0.3, -0.25) is 9.67 Å². The lowest BCUT2D eigenvalue weighted by molar-refractivity contribution is 0.187. The Morgan fingerprint density at radius 1 is 1.39 bits per heavy atom. The summed E-state index contributed by atoms with van der Waals surface area (Å²) in [5, 5.41) is 11.2. The largest absolute Gasteiger partial charge is 0.355 e. The first kappa shape index (κ1) is 17.8. The number of nitrogens with one attached hydrogen (secondary N) is 2. The quantitative estimate of drug-likeness (QED) is 0.616. The molecule has 0 spiro atoms. The van der Waals surface area contributed by atoms with E-state index in [1.165, 1.54) is 38.0 Å². The normalized spacial score (nSPS) is 17.7. The predicted octanol–water partition coefficient (Wildman–Crippen LogP) is 1.48. The lowest BCUT2D eigenvalue weighted by Gasteiger charge is -2.33. The van der Waals surface area contributed by atoms with Gasteiger partial charge < -0.3 is 15.5 Å². The number of hydrogen-bond acceptors (Lipinski definition) is 3. The highest BCUT2D eigenvalue weighted by Gasteiger charge is 2.20. The van der Waals surface area contributed by atoms with Gasteiger partial charge in [0.15, 0.2) is 5.96 Å². The van der Waals surface area contributed by atoms with Crippen LogP contribution >= 0.6 is 0 Å². The van der Waals surface area contributed by atoms with Crippen LogP contribution in [-0.2, 0) is 6.54 Å². The van der Waals surface area contributed by atoms with Gasteiger partial charge in [-0.25, -0.2) is 0 Å². The summed E-state index contributed by atoms with van der Waals surface area (Å²) >= 11 is 0. The lowest BCUT2D eigenvalue weighted by Crippen LogP contribution is -2.49. The molecule has 6 heteroatoms. The maximum absolute atomic E-state index is 4.34. The maximum Gasteiger partial charge on any atom is 0.191 e. The van der Waals surface area contributed by atoms with Gasteiger partial charge in [-0.05, 0) is 31.2 Å². The van der Waals surface area contributed by atoms with Gasteiger partial charge in [-0.15, -0.1) is 0 Å². The van der Waals surface area contributed by atoms with Crippen molar-refractivity contribution < 1.29 is 0 Å². The van der Waals surface area contributed by atoms with Crippen molar-refractivity contribution in [2.45, 2.75) is 46.2 Å². The summed E-state index contributed by atoms with van der Waals surface area (Å²) < 4.78 is 1.96. The number of aliphatic imine (C=N–C) groups is 1. The lowest BCUT2D eigenvalue weighted by atomic mass is 10.0. The minimum absolute atomic E-state index is 0.525. The van der Waals surface area contributed by atoms with Crippen LogP contribution in [0.4, 0.5) is 0 Å². The van der Waals surface area contributed by atoms with Gasteiger partial charge in [0.05, 0.1) is 12.7 Å². The zero-order valence-corrected chi connectivity index (χ0v) is 15.0. The molecule has 130 valence electrons. The van der Waals surface area contributed by atoms with Crippen LogP contribution in [0, 0.1) is 12.8 Å². The fraction of sp³-hybridized carbons (Fsp3) is 0.765. The average molecular weight is 320 g/mol. The van der Waals surface area contributed by atoms with Gasteiger partial charge in [0, 0.05) is 45.5 Å². The molecule has 23 heavy (non-hydrogen) atoms. The van der Waals surface area contributed by atoms with E-state index in [9.17, 15) is 0 Å². The minimum atomic E-state index is 0.525. The third kappa shape index (κ3) is 6.22. The van der Waals surface area contributed by atoms with Crippen molar-refractivity contribution in [3.8, 4) is 0 Å². The molecular weight excluding hydrogens is 288 g/mol. The van der Waals surface area contributed by atoms with Crippen molar-refractivity contribution in [1.82, 2.24) is 25.3 Å². The Balaban J connectivity index is 1.67. The minimum Gasteiger partial charge on any atom is -0.355 e. The first-order chi connectivity index (χ1) is 11.1. The second-order valence-corrected chi connectivity index (χ2v) is 6.89. The molecule has 0 unspecified atom stereocenters. The number of rotatable bonds is 6. The molecular formula is C17H32N6. The molecule has 1 aromatic rings. The van der Waals surface area contributed by atoms with Gasteiger partial charge >= 0.3 is 0 Å². The molecule has 0 bridgehead atoms. The zero-order valence-electron chi connectivity index (χ0n) is 15.0. The van der Waals surface area contributed by atoms with Gasteiger partial charge in [0.25, 0.3) is 0 Å². The summed E-state index contributed by atoms with van der Waals surface area (Å²) in [5.41, 5.74) is 1.20. The van der Waals surface area contributed by atoms with Crippen molar-refractivity contribution >= 4 is 5.96 Å². The fourth-order valence-electron chi connectivity index (χ4n) is 3.04. The van der Waals surface area contributed by atoms with Gasteiger partial charge in [0.2, 0.25) is 0 Å². The van der Waals surface area contributed by atoms with E-state index in [-0.39, 0.29) is 0 Å². The summed E-state index contributed by atoms with van der Waals surface area (Å²) in [6, 6.07) is 0.525. The molecule has 2 heterocycles. The zero-order chi connectivity index (χ0) is 16.7. The number of hydrogen-bond donors (Lipinski definition) is 2. The highest BCUT2D eigenvalue weighted by molar-refractivity contribution is 5.79. The van der Waals surface area contributed by atoms with E-state index in [1.54, 1.807) is 0 Å². The molecule has 6 nitrogen and oxygen atoms in total. The van der Waals surface area contributed by atoms with Crippen molar-refractivity contribution in [3.63, 3.8) is 0 Å². The van der Waals surface area contributed by atoms with Crippen molar-refractivity contribution in [1.29, 1.82) is 0 Å². The third-order valence-electron chi connectivity index (χ3n) is 4.17. The van der Waals surface area contributed by atoms with Gasteiger partial charge in [-0.2, -0.15) is 5.10 Å². The summed E-state index contributed by atoms with van der Waals surface area (Å²) in [5.74, 6) is 1.65. The molecule has 1 aliphatic rings. The monoisotopic (exact) mass is 320 g/mol. The highest BCUT2D eigenvalue weighted by Crippen LogP contribution is 2.11. The number of guanidine groups is 1. The molecule has 0 amide bonds. The summed E-state index contributed by atoms with van der Waals surface area (Å²) in [6.45, 7) is 11.9.